The third-order valence-corrected chi connectivity index (χ3v) is 5.04. The molecular weight excluding hydrogens is 238 g/mol. The van der Waals surface area contributed by atoms with Gasteiger partial charge in [-0.3, -0.25) is 9.59 Å². The van der Waals surface area contributed by atoms with E-state index < -0.39 is 0 Å². The Morgan fingerprint density at radius 3 is 2.47 bits per heavy atom. The lowest BCUT2D eigenvalue weighted by atomic mass is 9.86. The summed E-state index contributed by atoms with van der Waals surface area (Å²) in [4.78, 5) is 26.7. The van der Waals surface area contributed by atoms with E-state index in [9.17, 15) is 9.59 Å². The minimum Gasteiger partial charge on any atom is -0.339 e. The number of amides is 1. The maximum atomic E-state index is 12.6. The van der Waals surface area contributed by atoms with Crippen LogP contribution in [0.2, 0.25) is 0 Å². The van der Waals surface area contributed by atoms with Crippen molar-refractivity contribution in [1.29, 1.82) is 0 Å². The number of nitrogens with zero attached hydrogens (tertiary/aromatic N) is 1. The van der Waals surface area contributed by atoms with Crippen LogP contribution in [0.5, 0.6) is 0 Å². The Morgan fingerprint density at radius 1 is 1.16 bits per heavy atom. The maximum absolute atomic E-state index is 12.6. The third kappa shape index (κ3) is 3.01. The van der Waals surface area contributed by atoms with Gasteiger partial charge in [-0.15, -0.1) is 0 Å². The van der Waals surface area contributed by atoms with Gasteiger partial charge in [-0.05, 0) is 38.0 Å². The molecule has 0 aromatic heterocycles. The molecule has 3 nitrogen and oxygen atoms in total. The van der Waals surface area contributed by atoms with Crippen LogP contribution in [0.3, 0.4) is 0 Å². The molecular formula is C16H27NO2. The second kappa shape index (κ2) is 6.06. The number of hydrogen-bond donors (Lipinski definition) is 0. The number of carbonyl (C=O) groups excluding carboxylic acids is 2. The van der Waals surface area contributed by atoms with Gasteiger partial charge >= 0.3 is 0 Å². The SMILES string of the molecule is CC(C)C(C)C(=O)N1CCCCC1C1CCCC1=O. The van der Waals surface area contributed by atoms with Crippen molar-refractivity contribution in [2.24, 2.45) is 17.8 Å². The highest BCUT2D eigenvalue weighted by molar-refractivity contribution is 5.85. The van der Waals surface area contributed by atoms with Crippen molar-refractivity contribution < 1.29 is 9.59 Å². The van der Waals surface area contributed by atoms with Gasteiger partial charge in [-0.25, -0.2) is 0 Å². The summed E-state index contributed by atoms with van der Waals surface area (Å²) in [6.45, 7) is 7.07. The fourth-order valence-electron chi connectivity index (χ4n) is 3.45. The molecule has 2 fully saturated rings. The molecule has 3 atom stereocenters. The molecule has 0 radical (unpaired) electrons. The van der Waals surface area contributed by atoms with Crippen molar-refractivity contribution in [3.05, 3.63) is 0 Å². The highest BCUT2D eigenvalue weighted by atomic mass is 16.2. The van der Waals surface area contributed by atoms with Crippen LogP contribution in [0.1, 0.15) is 59.3 Å². The van der Waals surface area contributed by atoms with E-state index in [0.29, 0.717) is 11.7 Å². The van der Waals surface area contributed by atoms with Crippen LogP contribution in [0.15, 0.2) is 0 Å². The molecule has 2 rings (SSSR count). The standard InChI is InChI=1S/C16H27NO2/c1-11(2)12(3)16(19)17-10-5-4-8-14(17)13-7-6-9-15(13)18/h11-14H,4-10H2,1-3H3. The Kier molecular flexibility index (Phi) is 4.64. The summed E-state index contributed by atoms with van der Waals surface area (Å²) in [6.07, 6.45) is 6.00. The zero-order chi connectivity index (χ0) is 14.0. The molecule has 1 amide bonds. The van der Waals surface area contributed by atoms with E-state index in [4.69, 9.17) is 0 Å². The molecule has 2 aliphatic rings. The van der Waals surface area contributed by atoms with Crippen LogP contribution in [-0.2, 0) is 9.59 Å². The molecule has 0 aromatic carbocycles. The molecule has 108 valence electrons. The van der Waals surface area contributed by atoms with Gasteiger partial charge in [0.15, 0.2) is 0 Å². The summed E-state index contributed by atoms with van der Waals surface area (Å²) < 4.78 is 0. The van der Waals surface area contributed by atoms with Crippen LogP contribution in [0, 0.1) is 17.8 Å². The molecule has 3 heteroatoms. The minimum atomic E-state index is 0.0668. The summed E-state index contributed by atoms with van der Waals surface area (Å²) in [6, 6.07) is 0.192. The van der Waals surface area contributed by atoms with Crippen molar-refractivity contribution >= 4 is 11.7 Å². The Labute approximate surface area is 116 Å². The monoisotopic (exact) mass is 265 g/mol. The molecule has 1 saturated carbocycles. The molecule has 1 saturated heterocycles. The summed E-state index contributed by atoms with van der Waals surface area (Å²) in [5, 5.41) is 0. The van der Waals surface area contributed by atoms with Crippen LogP contribution in [0.25, 0.3) is 0 Å². The van der Waals surface area contributed by atoms with Crippen LogP contribution >= 0.6 is 0 Å². The second-order valence-corrected chi connectivity index (χ2v) is 6.59. The van der Waals surface area contributed by atoms with E-state index in [-0.39, 0.29) is 23.8 Å². The van der Waals surface area contributed by atoms with E-state index in [1.807, 2.05) is 11.8 Å². The Bertz CT molecular complexity index is 351. The van der Waals surface area contributed by atoms with Crippen LogP contribution in [0.4, 0.5) is 0 Å². The van der Waals surface area contributed by atoms with Gasteiger partial charge in [0.1, 0.15) is 5.78 Å². The lowest BCUT2D eigenvalue weighted by molar-refractivity contribution is -0.142. The Hall–Kier alpha value is -0.860. The van der Waals surface area contributed by atoms with Crippen molar-refractivity contribution in [3.8, 4) is 0 Å². The Morgan fingerprint density at radius 2 is 1.89 bits per heavy atom. The van der Waals surface area contributed by atoms with E-state index in [1.165, 1.54) is 0 Å². The fraction of sp³-hybridized carbons (Fsp3) is 0.875. The first-order chi connectivity index (χ1) is 9.02. The van der Waals surface area contributed by atoms with Gasteiger partial charge in [-0.1, -0.05) is 20.8 Å². The van der Waals surface area contributed by atoms with E-state index in [1.54, 1.807) is 0 Å². The average molecular weight is 265 g/mol. The fourth-order valence-corrected chi connectivity index (χ4v) is 3.45. The zero-order valence-electron chi connectivity index (χ0n) is 12.5. The van der Waals surface area contributed by atoms with Gasteiger partial charge in [-0.2, -0.15) is 0 Å². The molecule has 0 spiro atoms. The third-order valence-electron chi connectivity index (χ3n) is 5.04. The predicted octanol–water partition coefficient (Wildman–Crippen LogP) is 3.03. The Balaban J connectivity index is 2.11. The number of carbonyl (C=O) groups is 2. The maximum Gasteiger partial charge on any atom is 0.225 e. The van der Waals surface area contributed by atoms with Crippen LogP contribution in [-0.4, -0.2) is 29.2 Å². The molecule has 3 unspecified atom stereocenters. The lowest BCUT2D eigenvalue weighted by Gasteiger charge is -2.40. The van der Waals surface area contributed by atoms with E-state index in [2.05, 4.69) is 13.8 Å². The molecule has 0 bridgehead atoms. The van der Waals surface area contributed by atoms with Crippen molar-refractivity contribution in [2.75, 3.05) is 6.54 Å². The molecule has 0 N–H and O–H groups in total. The molecule has 1 aliphatic heterocycles. The summed E-state index contributed by atoms with van der Waals surface area (Å²) in [5.41, 5.74) is 0. The van der Waals surface area contributed by atoms with Gasteiger partial charge in [0, 0.05) is 30.8 Å². The second-order valence-electron chi connectivity index (χ2n) is 6.59. The van der Waals surface area contributed by atoms with Crippen molar-refractivity contribution in [3.63, 3.8) is 0 Å². The number of hydrogen-bond acceptors (Lipinski definition) is 2. The number of likely N-dealkylation sites (tertiary alicyclic amines) is 1. The van der Waals surface area contributed by atoms with Crippen molar-refractivity contribution in [2.45, 2.75) is 65.3 Å². The smallest absolute Gasteiger partial charge is 0.225 e. The van der Waals surface area contributed by atoms with Gasteiger partial charge in [0.05, 0.1) is 0 Å². The number of ketones is 1. The molecule has 1 heterocycles. The first-order valence-corrected chi connectivity index (χ1v) is 7.85. The van der Waals surface area contributed by atoms with E-state index >= 15 is 0 Å². The zero-order valence-corrected chi connectivity index (χ0v) is 12.5. The highest BCUT2D eigenvalue weighted by Gasteiger charge is 2.39. The molecule has 0 aromatic rings. The quantitative estimate of drug-likeness (QED) is 0.786. The summed E-state index contributed by atoms with van der Waals surface area (Å²) >= 11 is 0. The lowest BCUT2D eigenvalue weighted by Crippen LogP contribution is -2.50. The normalized spacial score (nSPS) is 29.9. The van der Waals surface area contributed by atoms with Crippen molar-refractivity contribution in [1.82, 2.24) is 4.90 Å². The highest BCUT2D eigenvalue weighted by Crippen LogP contribution is 2.33. The van der Waals surface area contributed by atoms with Gasteiger partial charge in [0.25, 0.3) is 0 Å². The predicted molar refractivity (Wildman–Crippen MR) is 75.7 cm³/mol. The first kappa shape index (κ1) is 14.5. The van der Waals surface area contributed by atoms with E-state index in [0.717, 1.165) is 45.1 Å². The summed E-state index contributed by atoms with van der Waals surface area (Å²) in [7, 11) is 0. The topological polar surface area (TPSA) is 37.4 Å². The number of piperidine rings is 1. The van der Waals surface area contributed by atoms with Gasteiger partial charge < -0.3 is 4.90 Å². The molecule has 19 heavy (non-hydrogen) atoms. The average Bonchev–Trinajstić information content (AvgIpc) is 2.83. The largest absolute Gasteiger partial charge is 0.339 e. The molecule has 1 aliphatic carbocycles. The first-order valence-electron chi connectivity index (χ1n) is 7.85. The minimum absolute atomic E-state index is 0.0668. The van der Waals surface area contributed by atoms with Gasteiger partial charge in [0.2, 0.25) is 5.91 Å². The number of Topliss-reactive ketones (excluding diaryl/α,β-unsaturated/α-hetero) is 1. The summed E-state index contributed by atoms with van der Waals surface area (Å²) in [5.74, 6) is 1.22. The number of rotatable bonds is 3. The van der Waals surface area contributed by atoms with Crippen LogP contribution < -0.4 is 0 Å².